The molecule has 2 N–H and O–H groups in total. The van der Waals surface area contributed by atoms with Crippen molar-refractivity contribution in [2.24, 2.45) is 0 Å². The molecule has 3 atom stereocenters. The Labute approximate surface area is 254 Å². The number of benzene rings is 1. The summed E-state index contributed by atoms with van der Waals surface area (Å²) < 4.78 is 59.9. The van der Waals surface area contributed by atoms with Gasteiger partial charge in [0, 0.05) is 49.9 Å². The summed E-state index contributed by atoms with van der Waals surface area (Å²) >= 11 is 0. The number of carbonyl (C=O) groups is 1. The van der Waals surface area contributed by atoms with Crippen molar-refractivity contribution in [3.05, 3.63) is 53.9 Å². The van der Waals surface area contributed by atoms with Crippen LogP contribution in [0.15, 0.2) is 42.6 Å². The standard InChI is InChI=1S/C31H39F3N6O4/c1-30(2,3)44-29(41)39-12-6-7-22(18-39)36-17-21-10-8-20(16-35-21)24-15-28-37-23(14-27(31(32,33)34)40(28)38-24)19-9-11-25(42-4)26(13-19)43-5/h8-11,13,15-16,22-23,27,36-37H,6-7,12,14,17-18H2,1-5H3. The van der Waals surface area contributed by atoms with Gasteiger partial charge in [0.1, 0.15) is 11.4 Å². The van der Waals surface area contributed by atoms with Crippen LogP contribution in [0, 0.1) is 0 Å². The monoisotopic (exact) mass is 616 g/mol. The summed E-state index contributed by atoms with van der Waals surface area (Å²) in [7, 11) is 2.99. The average Bonchev–Trinajstić information content (AvgIpc) is 3.42. The summed E-state index contributed by atoms with van der Waals surface area (Å²) in [6.07, 6.45) is -1.63. The van der Waals surface area contributed by atoms with E-state index in [1.165, 1.54) is 14.2 Å². The number of carbonyl (C=O) groups excluding carboxylic acids is 1. The van der Waals surface area contributed by atoms with Gasteiger partial charge in [-0.1, -0.05) is 6.07 Å². The summed E-state index contributed by atoms with van der Waals surface area (Å²) in [6.45, 7) is 7.23. The van der Waals surface area contributed by atoms with Crippen LogP contribution in [0.1, 0.15) is 63.4 Å². The molecular formula is C31H39F3N6O4. The number of piperidine rings is 1. The SMILES string of the molecule is COc1ccc(C2CC(C(F)(F)F)n3nc(-c4ccc(CNC5CCCN(C(=O)OC(C)(C)C)C5)nc4)cc3N2)cc1OC. The second-order valence-corrected chi connectivity index (χ2v) is 12.1. The van der Waals surface area contributed by atoms with Crippen LogP contribution in [0.2, 0.25) is 0 Å². The highest BCUT2D eigenvalue weighted by molar-refractivity contribution is 5.68. The van der Waals surface area contributed by atoms with E-state index in [0.29, 0.717) is 48.0 Å². The molecule has 44 heavy (non-hydrogen) atoms. The van der Waals surface area contributed by atoms with Crippen molar-refractivity contribution in [2.75, 3.05) is 32.6 Å². The second kappa shape index (κ2) is 12.5. The number of hydrogen-bond acceptors (Lipinski definition) is 8. The number of fused-ring (bicyclic) bond motifs is 1. The largest absolute Gasteiger partial charge is 0.493 e. The van der Waals surface area contributed by atoms with Gasteiger partial charge in [0.25, 0.3) is 0 Å². The highest BCUT2D eigenvalue weighted by Gasteiger charge is 2.46. The molecule has 2 aliphatic heterocycles. The zero-order valence-corrected chi connectivity index (χ0v) is 25.6. The van der Waals surface area contributed by atoms with Gasteiger partial charge in [-0.15, -0.1) is 0 Å². The van der Waals surface area contributed by atoms with E-state index in [0.717, 1.165) is 23.2 Å². The normalized spacial score (nSPS) is 20.5. The van der Waals surface area contributed by atoms with Crippen molar-refractivity contribution < 1.29 is 32.2 Å². The molecule has 2 aliphatic rings. The zero-order valence-electron chi connectivity index (χ0n) is 25.6. The van der Waals surface area contributed by atoms with E-state index >= 15 is 0 Å². The lowest BCUT2D eigenvalue weighted by atomic mass is 9.96. The van der Waals surface area contributed by atoms with E-state index in [1.54, 1.807) is 41.4 Å². The molecule has 2 aromatic heterocycles. The van der Waals surface area contributed by atoms with Gasteiger partial charge in [-0.25, -0.2) is 9.48 Å². The molecule has 5 rings (SSSR count). The third kappa shape index (κ3) is 7.20. The Morgan fingerprint density at radius 3 is 2.52 bits per heavy atom. The molecule has 3 unspecified atom stereocenters. The smallest absolute Gasteiger partial charge is 0.410 e. The van der Waals surface area contributed by atoms with Gasteiger partial charge in [-0.3, -0.25) is 4.98 Å². The molecule has 1 aromatic carbocycles. The minimum absolute atomic E-state index is 0.0987. The van der Waals surface area contributed by atoms with E-state index in [-0.39, 0.29) is 24.4 Å². The molecule has 238 valence electrons. The first kappa shape index (κ1) is 31.4. The van der Waals surface area contributed by atoms with E-state index < -0.39 is 23.9 Å². The molecule has 0 saturated carbocycles. The lowest BCUT2D eigenvalue weighted by molar-refractivity contribution is -0.173. The highest BCUT2D eigenvalue weighted by atomic mass is 19.4. The number of hydrogen-bond donors (Lipinski definition) is 2. The summed E-state index contributed by atoms with van der Waals surface area (Å²) in [5.41, 5.74) is 1.87. The van der Waals surface area contributed by atoms with Gasteiger partial charge >= 0.3 is 12.3 Å². The van der Waals surface area contributed by atoms with Crippen LogP contribution in [-0.4, -0.2) is 70.9 Å². The highest BCUT2D eigenvalue weighted by Crippen LogP contribution is 2.45. The quantitative estimate of drug-likeness (QED) is 0.328. The molecule has 13 heteroatoms. The molecule has 0 aliphatic carbocycles. The first-order chi connectivity index (χ1) is 20.8. The minimum Gasteiger partial charge on any atom is -0.493 e. The molecule has 0 spiro atoms. The Hall–Kier alpha value is -4.00. The summed E-state index contributed by atoms with van der Waals surface area (Å²) in [4.78, 5) is 18.7. The van der Waals surface area contributed by atoms with Gasteiger partial charge in [0.15, 0.2) is 17.5 Å². The lowest BCUT2D eigenvalue weighted by Gasteiger charge is -2.34. The van der Waals surface area contributed by atoms with Gasteiger partial charge in [-0.05, 0) is 63.4 Å². The maximum Gasteiger partial charge on any atom is 0.410 e. The summed E-state index contributed by atoms with van der Waals surface area (Å²) in [6, 6.07) is 8.04. The van der Waals surface area contributed by atoms with Crippen molar-refractivity contribution in [3.63, 3.8) is 0 Å². The molecule has 0 radical (unpaired) electrons. The Morgan fingerprint density at radius 1 is 1.09 bits per heavy atom. The third-order valence-electron chi connectivity index (χ3n) is 7.77. The molecule has 10 nitrogen and oxygen atoms in total. The van der Waals surface area contributed by atoms with Crippen molar-refractivity contribution in [3.8, 4) is 22.8 Å². The molecule has 1 fully saturated rings. The van der Waals surface area contributed by atoms with Crippen molar-refractivity contribution in [2.45, 2.75) is 76.5 Å². The van der Waals surface area contributed by atoms with E-state index in [4.69, 9.17) is 14.2 Å². The number of methoxy groups -OCH3 is 2. The first-order valence-corrected chi connectivity index (χ1v) is 14.7. The summed E-state index contributed by atoms with van der Waals surface area (Å²) in [5.74, 6) is 1.21. The topological polar surface area (TPSA) is 103 Å². The Balaban J connectivity index is 1.27. The Bertz CT molecular complexity index is 1450. The maximum atomic E-state index is 14.2. The molecule has 1 saturated heterocycles. The van der Waals surface area contributed by atoms with Crippen LogP contribution in [0.25, 0.3) is 11.3 Å². The third-order valence-corrected chi connectivity index (χ3v) is 7.77. The van der Waals surface area contributed by atoms with Crippen LogP contribution in [0.5, 0.6) is 11.5 Å². The second-order valence-electron chi connectivity index (χ2n) is 12.1. The number of nitrogens with one attached hydrogen (secondary N) is 2. The summed E-state index contributed by atoms with van der Waals surface area (Å²) in [5, 5.41) is 11.0. The molecule has 0 bridgehead atoms. The van der Waals surface area contributed by atoms with Crippen LogP contribution in [-0.2, 0) is 11.3 Å². The molecule has 4 heterocycles. The Kier molecular flexibility index (Phi) is 8.96. The van der Waals surface area contributed by atoms with Gasteiger partial charge in [0.2, 0.25) is 0 Å². The van der Waals surface area contributed by atoms with Crippen molar-refractivity contribution >= 4 is 11.9 Å². The number of alkyl halides is 3. The number of halogens is 3. The number of likely N-dealkylation sites (tertiary alicyclic amines) is 1. The average molecular weight is 617 g/mol. The van der Waals surface area contributed by atoms with Gasteiger partial charge in [0.05, 0.1) is 31.6 Å². The first-order valence-electron chi connectivity index (χ1n) is 14.7. The fourth-order valence-electron chi connectivity index (χ4n) is 5.57. The number of nitrogens with zero attached hydrogens (tertiary/aromatic N) is 4. The molecule has 3 aromatic rings. The number of anilines is 1. The Morgan fingerprint density at radius 2 is 1.86 bits per heavy atom. The van der Waals surface area contributed by atoms with Gasteiger partial charge in [-0.2, -0.15) is 18.3 Å². The van der Waals surface area contributed by atoms with E-state index in [1.807, 2.05) is 26.8 Å². The predicted molar refractivity (Wildman–Crippen MR) is 159 cm³/mol. The van der Waals surface area contributed by atoms with Crippen LogP contribution >= 0.6 is 0 Å². The number of rotatable bonds is 7. The van der Waals surface area contributed by atoms with Crippen LogP contribution in [0.3, 0.4) is 0 Å². The molecular weight excluding hydrogens is 577 g/mol. The number of amides is 1. The molecule has 1 amide bonds. The van der Waals surface area contributed by atoms with E-state index in [2.05, 4.69) is 20.7 Å². The van der Waals surface area contributed by atoms with Gasteiger partial charge < -0.3 is 29.7 Å². The zero-order chi connectivity index (χ0) is 31.6. The van der Waals surface area contributed by atoms with Crippen molar-refractivity contribution in [1.82, 2.24) is 25.0 Å². The van der Waals surface area contributed by atoms with E-state index in [9.17, 15) is 18.0 Å². The number of ether oxygens (including phenoxy) is 3. The minimum atomic E-state index is -4.50. The van der Waals surface area contributed by atoms with Crippen LogP contribution < -0.4 is 20.1 Å². The van der Waals surface area contributed by atoms with Crippen LogP contribution in [0.4, 0.5) is 23.8 Å². The fourth-order valence-corrected chi connectivity index (χ4v) is 5.57. The number of pyridine rings is 1. The predicted octanol–water partition coefficient (Wildman–Crippen LogP) is 6.11. The lowest BCUT2D eigenvalue weighted by Crippen LogP contribution is -2.49. The fraction of sp³-hybridized carbons (Fsp3) is 0.516. The number of aromatic nitrogens is 3. The maximum absolute atomic E-state index is 14.2. The van der Waals surface area contributed by atoms with Crippen molar-refractivity contribution in [1.29, 1.82) is 0 Å².